The predicted octanol–water partition coefficient (Wildman–Crippen LogP) is 3.79. The molecule has 1 saturated heterocycles. The van der Waals surface area contributed by atoms with E-state index in [0.717, 1.165) is 12.1 Å². The maximum atomic E-state index is 13.5. The molecule has 3 aromatic carbocycles. The number of amides is 2. The molecule has 32 heavy (non-hydrogen) atoms. The molecule has 0 unspecified atom stereocenters. The first kappa shape index (κ1) is 21.4. The fourth-order valence-corrected chi connectivity index (χ4v) is 3.71. The second kappa shape index (κ2) is 9.09. The van der Waals surface area contributed by atoms with Crippen LogP contribution in [0.2, 0.25) is 0 Å². The molecule has 4 rings (SSSR count). The van der Waals surface area contributed by atoms with Gasteiger partial charge in [-0.3, -0.25) is 14.4 Å². The van der Waals surface area contributed by atoms with Crippen LogP contribution in [0, 0.1) is 11.6 Å². The van der Waals surface area contributed by atoms with Crippen LogP contribution in [0.25, 0.3) is 0 Å². The van der Waals surface area contributed by atoms with Crippen LogP contribution in [0.1, 0.15) is 36.6 Å². The Hall–Kier alpha value is -3.87. The molecule has 0 N–H and O–H groups in total. The van der Waals surface area contributed by atoms with E-state index >= 15 is 0 Å². The third kappa shape index (κ3) is 4.27. The molecular weight excluding hydrogens is 414 g/mol. The highest BCUT2D eigenvalue weighted by molar-refractivity contribution is 6.15. The van der Waals surface area contributed by atoms with Crippen molar-refractivity contribution in [3.05, 3.63) is 107 Å². The van der Waals surface area contributed by atoms with E-state index in [4.69, 9.17) is 0 Å². The first-order valence-corrected chi connectivity index (χ1v) is 10.2. The lowest BCUT2D eigenvalue weighted by Crippen LogP contribution is -2.50. The van der Waals surface area contributed by atoms with Crippen molar-refractivity contribution < 1.29 is 23.2 Å². The SMILES string of the molecule is O=C(c1ccccc1)c1ccccc1C(=O)N1CCN(C(=O)c2ccc(F)c(F)c2)CC1. The Bertz CT molecular complexity index is 1170. The van der Waals surface area contributed by atoms with Gasteiger partial charge in [0.2, 0.25) is 0 Å². The molecule has 5 nitrogen and oxygen atoms in total. The fourth-order valence-electron chi connectivity index (χ4n) is 3.71. The van der Waals surface area contributed by atoms with Gasteiger partial charge >= 0.3 is 0 Å². The topological polar surface area (TPSA) is 57.7 Å². The highest BCUT2D eigenvalue weighted by Crippen LogP contribution is 2.19. The first-order valence-electron chi connectivity index (χ1n) is 10.2. The molecular formula is C25H20F2N2O3. The predicted molar refractivity (Wildman–Crippen MR) is 114 cm³/mol. The maximum absolute atomic E-state index is 13.5. The Morgan fingerprint density at radius 3 is 1.78 bits per heavy atom. The smallest absolute Gasteiger partial charge is 0.254 e. The van der Waals surface area contributed by atoms with Crippen LogP contribution in [-0.2, 0) is 0 Å². The molecule has 0 atom stereocenters. The number of nitrogens with zero attached hydrogens (tertiary/aromatic N) is 2. The van der Waals surface area contributed by atoms with E-state index in [0.29, 0.717) is 16.7 Å². The van der Waals surface area contributed by atoms with Crippen molar-refractivity contribution in [3.8, 4) is 0 Å². The second-order valence-electron chi connectivity index (χ2n) is 7.45. The maximum Gasteiger partial charge on any atom is 0.254 e. The van der Waals surface area contributed by atoms with Gasteiger partial charge < -0.3 is 9.80 Å². The van der Waals surface area contributed by atoms with Crippen molar-refractivity contribution in [2.24, 2.45) is 0 Å². The van der Waals surface area contributed by atoms with Crippen molar-refractivity contribution in [2.75, 3.05) is 26.2 Å². The molecule has 1 heterocycles. The molecule has 2 amide bonds. The molecule has 162 valence electrons. The van der Waals surface area contributed by atoms with Crippen molar-refractivity contribution in [2.45, 2.75) is 0 Å². The molecule has 1 fully saturated rings. The quantitative estimate of drug-likeness (QED) is 0.587. The van der Waals surface area contributed by atoms with E-state index < -0.39 is 17.5 Å². The van der Waals surface area contributed by atoms with E-state index in [-0.39, 0.29) is 43.4 Å². The Morgan fingerprint density at radius 2 is 1.16 bits per heavy atom. The molecule has 0 aliphatic carbocycles. The number of ketones is 1. The summed E-state index contributed by atoms with van der Waals surface area (Å²) in [6.07, 6.45) is 0. The molecule has 0 radical (unpaired) electrons. The molecule has 7 heteroatoms. The standard InChI is InChI=1S/C25H20F2N2O3/c26-21-11-10-18(16-22(21)27)24(31)28-12-14-29(15-13-28)25(32)20-9-5-4-8-19(20)23(30)17-6-2-1-3-7-17/h1-11,16H,12-15H2. The van der Waals surface area contributed by atoms with Crippen molar-refractivity contribution >= 4 is 17.6 Å². The van der Waals surface area contributed by atoms with Gasteiger partial charge in [0.15, 0.2) is 17.4 Å². The second-order valence-corrected chi connectivity index (χ2v) is 7.45. The molecule has 0 bridgehead atoms. The summed E-state index contributed by atoms with van der Waals surface area (Å²) in [7, 11) is 0. The third-order valence-electron chi connectivity index (χ3n) is 5.46. The molecule has 0 spiro atoms. The summed E-state index contributed by atoms with van der Waals surface area (Å²) >= 11 is 0. The Labute approximate surface area is 183 Å². The number of carbonyl (C=O) groups is 3. The summed E-state index contributed by atoms with van der Waals surface area (Å²) in [5.41, 5.74) is 1.18. The average Bonchev–Trinajstić information content (AvgIpc) is 2.85. The van der Waals surface area contributed by atoms with Gasteiger partial charge in [0.1, 0.15) is 0 Å². The van der Waals surface area contributed by atoms with Crippen molar-refractivity contribution in [1.82, 2.24) is 9.80 Å². The van der Waals surface area contributed by atoms with Crippen molar-refractivity contribution in [1.29, 1.82) is 0 Å². The lowest BCUT2D eigenvalue weighted by atomic mass is 9.97. The summed E-state index contributed by atoms with van der Waals surface area (Å²) in [5.74, 6) is -3.04. The Balaban J connectivity index is 1.47. The summed E-state index contributed by atoms with van der Waals surface area (Å²) in [4.78, 5) is 41.8. The molecule has 3 aromatic rings. The number of benzene rings is 3. The van der Waals surface area contributed by atoms with Gasteiger partial charge in [-0.1, -0.05) is 48.5 Å². The van der Waals surface area contributed by atoms with Gasteiger partial charge in [-0.25, -0.2) is 8.78 Å². The minimum absolute atomic E-state index is 0.0579. The monoisotopic (exact) mass is 434 g/mol. The number of piperazine rings is 1. The number of rotatable bonds is 4. The van der Waals surface area contributed by atoms with Crippen LogP contribution in [0.15, 0.2) is 72.8 Å². The molecule has 0 aromatic heterocycles. The highest BCUT2D eigenvalue weighted by Gasteiger charge is 2.28. The zero-order valence-electron chi connectivity index (χ0n) is 17.1. The van der Waals surface area contributed by atoms with Crippen LogP contribution in [-0.4, -0.2) is 53.6 Å². The van der Waals surface area contributed by atoms with Gasteiger partial charge in [0.05, 0.1) is 5.56 Å². The van der Waals surface area contributed by atoms with E-state index in [2.05, 4.69) is 0 Å². The van der Waals surface area contributed by atoms with E-state index in [1.54, 1.807) is 53.4 Å². The Morgan fingerprint density at radius 1 is 0.594 bits per heavy atom. The number of hydrogen-bond acceptors (Lipinski definition) is 3. The molecule has 0 saturated carbocycles. The van der Waals surface area contributed by atoms with Gasteiger partial charge in [-0.05, 0) is 24.3 Å². The zero-order chi connectivity index (χ0) is 22.7. The van der Waals surface area contributed by atoms with Crippen LogP contribution >= 0.6 is 0 Å². The summed E-state index contributed by atoms with van der Waals surface area (Å²) in [6, 6.07) is 18.5. The zero-order valence-corrected chi connectivity index (χ0v) is 17.1. The van der Waals surface area contributed by atoms with Gasteiger partial charge in [0.25, 0.3) is 11.8 Å². The van der Waals surface area contributed by atoms with Crippen LogP contribution in [0.3, 0.4) is 0 Å². The summed E-state index contributed by atoms with van der Waals surface area (Å²) in [6.45, 7) is 1.03. The van der Waals surface area contributed by atoms with Crippen LogP contribution in [0.4, 0.5) is 8.78 Å². The lowest BCUT2D eigenvalue weighted by Gasteiger charge is -2.35. The largest absolute Gasteiger partial charge is 0.335 e. The minimum atomic E-state index is -1.08. The molecule has 1 aliphatic heterocycles. The van der Waals surface area contributed by atoms with Crippen LogP contribution < -0.4 is 0 Å². The number of hydrogen-bond donors (Lipinski definition) is 0. The van der Waals surface area contributed by atoms with E-state index in [1.165, 1.54) is 11.0 Å². The van der Waals surface area contributed by atoms with Gasteiger partial charge in [0, 0.05) is 42.9 Å². The number of halogens is 2. The van der Waals surface area contributed by atoms with E-state index in [1.807, 2.05) is 6.07 Å². The Kier molecular flexibility index (Phi) is 6.07. The summed E-state index contributed by atoms with van der Waals surface area (Å²) in [5, 5.41) is 0. The fraction of sp³-hybridized carbons (Fsp3) is 0.160. The minimum Gasteiger partial charge on any atom is -0.335 e. The number of carbonyl (C=O) groups excluding carboxylic acids is 3. The summed E-state index contributed by atoms with van der Waals surface area (Å²) < 4.78 is 26.6. The first-order chi connectivity index (χ1) is 15.5. The van der Waals surface area contributed by atoms with Crippen molar-refractivity contribution in [3.63, 3.8) is 0 Å². The highest BCUT2D eigenvalue weighted by atomic mass is 19.2. The van der Waals surface area contributed by atoms with Gasteiger partial charge in [-0.2, -0.15) is 0 Å². The average molecular weight is 434 g/mol. The third-order valence-corrected chi connectivity index (χ3v) is 5.46. The lowest BCUT2D eigenvalue weighted by molar-refractivity contribution is 0.0534. The normalized spacial score (nSPS) is 13.7. The van der Waals surface area contributed by atoms with E-state index in [9.17, 15) is 23.2 Å². The van der Waals surface area contributed by atoms with Crippen LogP contribution in [0.5, 0.6) is 0 Å². The molecule has 1 aliphatic rings. The van der Waals surface area contributed by atoms with Gasteiger partial charge in [-0.15, -0.1) is 0 Å².